The minimum Gasteiger partial charge on any atom is -0.497 e. The molecule has 2 N–H and O–H groups in total. The normalized spacial score (nSPS) is 14.2. The lowest BCUT2D eigenvalue weighted by Gasteiger charge is -2.05. The number of aromatic nitrogens is 1. The van der Waals surface area contributed by atoms with E-state index >= 15 is 0 Å². The number of benzene rings is 1. The zero-order chi connectivity index (χ0) is 19.8. The number of carboxylic acids is 1. The topological polar surface area (TPSA) is 97.2 Å². The SMILES string of the molecule is COc1ccc2c(c1)N=C(C(=O)O)/C2=C/c1sc(=S)n(Cc2ccco2)c1O. The number of methoxy groups -OCH3 is 1. The second-order valence-corrected chi connectivity index (χ2v) is 7.60. The molecule has 28 heavy (non-hydrogen) atoms. The summed E-state index contributed by atoms with van der Waals surface area (Å²) in [4.78, 5) is 16.3. The molecule has 9 heteroatoms. The van der Waals surface area contributed by atoms with Gasteiger partial charge in [0, 0.05) is 17.2 Å². The lowest BCUT2D eigenvalue weighted by Crippen LogP contribution is -2.11. The maximum Gasteiger partial charge on any atom is 0.355 e. The number of nitrogens with zero attached hydrogens (tertiary/aromatic N) is 2. The van der Waals surface area contributed by atoms with E-state index in [4.69, 9.17) is 21.4 Å². The van der Waals surface area contributed by atoms with Crippen LogP contribution >= 0.6 is 23.6 Å². The number of aliphatic carboxylic acids is 1. The summed E-state index contributed by atoms with van der Waals surface area (Å²) in [6.45, 7) is 0.283. The summed E-state index contributed by atoms with van der Waals surface area (Å²) in [6.07, 6.45) is 3.14. The Morgan fingerprint density at radius 2 is 2.25 bits per heavy atom. The molecule has 2 aromatic heterocycles. The van der Waals surface area contributed by atoms with Crippen LogP contribution in [-0.2, 0) is 11.3 Å². The van der Waals surface area contributed by atoms with Crippen molar-refractivity contribution in [2.24, 2.45) is 4.99 Å². The number of hydrogen-bond acceptors (Lipinski definition) is 7. The molecule has 0 saturated carbocycles. The first-order chi connectivity index (χ1) is 13.5. The van der Waals surface area contributed by atoms with Gasteiger partial charge in [0.25, 0.3) is 0 Å². The number of carboxylic acid groups (broad SMARTS) is 1. The van der Waals surface area contributed by atoms with Gasteiger partial charge in [-0.25, -0.2) is 9.79 Å². The van der Waals surface area contributed by atoms with Crippen LogP contribution in [0.3, 0.4) is 0 Å². The van der Waals surface area contributed by atoms with Gasteiger partial charge in [-0.3, -0.25) is 4.57 Å². The Morgan fingerprint density at radius 3 is 2.93 bits per heavy atom. The molecular formula is C19H14N2O5S2. The highest BCUT2D eigenvalue weighted by Crippen LogP contribution is 2.40. The number of rotatable bonds is 5. The number of hydrogen-bond donors (Lipinski definition) is 2. The van der Waals surface area contributed by atoms with Crippen molar-refractivity contribution in [3.63, 3.8) is 0 Å². The Balaban J connectivity index is 1.80. The summed E-state index contributed by atoms with van der Waals surface area (Å²) in [5, 5.41) is 20.2. The number of fused-ring (bicyclic) bond motifs is 1. The molecule has 0 radical (unpaired) electrons. The lowest BCUT2D eigenvalue weighted by molar-refractivity contribution is -0.129. The summed E-state index contributed by atoms with van der Waals surface area (Å²) >= 11 is 6.54. The molecule has 0 amide bonds. The highest BCUT2D eigenvalue weighted by molar-refractivity contribution is 7.73. The van der Waals surface area contributed by atoms with Gasteiger partial charge in [-0.15, -0.1) is 11.3 Å². The van der Waals surface area contributed by atoms with Gasteiger partial charge in [0.1, 0.15) is 11.5 Å². The average Bonchev–Trinajstić information content (AvgIpc) is 3.37. The van der Waals surface area contributed by atoms with Gasteiger partial charge in [-0.2, -0.15) is 0 Å². The molecule has 3 heterocycles. The Morgan fingerprint density at radius 1 is 1.43 bits per heavy atom. The maximum atomic E-state index is 11.7. The highest BCUT2D eigenvalue weighted by Gasteiger charge is 2.27. The van der Waals surface area contributed by atoms with Crippen LogP contribution in [0.25, 0.3) is 11.6 Å². The third kappa shape index (κ3) is 3.14. The van der Waals surface area contributed by atoms with Crippen LogP contribution in [0.2, 0.25) is 0 Å². The van der Waals surface area contributed by atoms with Crippen molar-refractivity contribution in [2.45, 2.75) is 6.54 Å². The quantitative estimate of drug-likeness (QED) is 0.603. The van der Waals surface area contributed by atoms with Gasteiger partial charge < -0.3 is 19.4 Å². The molecule has 3 aromatic rings. The van der Waals surface area contributed by atoms with Gasteiger partial charge in [0.05, 0.1) is 30.5 Å². The second kappa shape index (κ2) is 7.10. The average molecular weight is 414 g/mol. The number of aromatic hydroxyl groups is 1. The molecule has 0 atom stereocenters. The zero-order valence-electron chi connectivity index (χ0n) is 14.6. The van der Waals surface area contributed by atoms with E-state index in [9.17, 15) is 15.0 Å². The smallest absolute Gasteiger partial charge is 0.355 e. The van der Waals surface area contributed by atoms with Crippen LogP contribution in [0.5, 0.6) is 11.6 Å². The number of thiazole rings is 1. The molecule has 1 aliphatic rings. The van der Waals surface area contributed by atoms with Crippen molar-refractivity contribution < 1.29 is 24.2 Å². The fourth-order valence-electron chi connectivity index (χ4n) is 2.91. The Hall–Kier alpha value is -3.17. The number of furan rings is 1. The largest absolute Gasteiger partial charge is 0.497 e. The summed E-state index contributed by atoms with van der Waals surface area (Å²) in [5.41, 5.74) is 1.46. The third-order valence-corrected chi connectivity index (χ3v) is 5.63. The van der Waals surface area contributed by atoms with Gasteiger partial charge in [-0.05, 0) is 42.6 Å². The lowest BCUT2D eigenvalue weighted by atomic mass is 10.0. The predicted octanol–water partition coefficient (Wildman–Crippen LogP) is 4.35. The molecule has 0 fully saturated rings. The van der Waals surface area contributed by atoms with Crippen molar-refractivity contribution in [3.8, 4) is 11.6 Å². The van der Waals surface area contributed by atoms with Gasteiger partial charge in [0.15, 0.2) is 9.67 Å². The molecule has 0 unspecified atom stereocenters. The number of aliphatic imine (C=N–C) groups is 1. The Kier molecular flexibility index (Phi) is 4.62. The van der Waals surface area contributed by atoms with Crippen molar-refractivity contribution in [3.05, 3.63) is 56.8 Å². The van der Waals surface area contributed by atoms with E-state index in [1.165, 1.54) is 23.0 Å². The minimum atomic E-state index is -1.15. The van der Waals surface area contributed by atoms with Gasteiger partial charge in [-0.1, -0.05) is 0 Å². The summed E-state index contributed by atoms with van der Waals surface area (Å²) in [6, 6.07) is 8.69. The van der Waals surface area contributed by atoms with Crippen molar-refractivity contribution >= 4 is 52.6 Å². The van der Waals surface area contributed by atoms with Crippen LogP contribution < -0.4 is 4.74 Å². The molecule has 7 nitrogen and oxygen atoms in total. The predicted molar refractivity (Wildman–Crippen MR) is 108 cm³/mol. The maximum absolute atomic E-state index is 11.7. The van der Waals surface area contributed by atoms with Crippen LogP contribution in [0.1, 0.15) is 16.2 Å². The van der Waals surface area contributed by atoms with E-state index in [1.54, 1.807) is 42.7 Å². The molecule has 4 rings (SSSR count). The first-order valence-corrected chi connectivity index (χ1v) is 9.38. The molecular weight excluding hydrogens is 400 g/mol. The van der Waals surface area contributed by atoms with E-state index in [0.29, 0.717) is 37.2 Å². The van der Waals surface area contributed by atoms with Crippen molar-refractivity contribution in [1.82, 2.24) is 4.57 Å². The summed E-state index contributed by atoms with van der Waals surface area (Å²) in [7, 11) is 1.53. The van der Waals surface area contributed by atoms with Crippen molar-refractivity contribution in [1.29, 1.82) is 0 Å². The van der Waals surface area contributed by atoms with E-state index in [2.05, 4.69) is 4.99 Å². The van der Waals surface area contributed by atoms with Crippen LogP contribution in [0.4, 0.5) is 5.69 Å². The van der Waals surface area contributed by atoms with E-state index in [1.807, 2.05) is 0 Å². The molecule has 142 valence electrons. The molecule has 1 aromatic carbocycles. The first kappa shape index (κ1) is 18.2. The van der Waals surface area contributed by atoms with Gasteiger partial charge in [0.2, 0.25) is 5.88 Å². The molecule has 0 bridgehead atoms. The number of ether oxygens (including phenoxy) is 1. The summed E-state index contributed by atoms with van der Waals surface area (Å²) < 4.78 is 12.5. The van der Waals surface area contributed by atoms with Crippen molar-refractivity contribution in [2.75, 3.05) is 7.11 Å². The standard InChI is InChI=1S/C19H14N2O5S2/c1-25-10-4-5-12-13(16(18(23)24)20-14(12)7-10)8-15-17(22)21(19(27)28-15)9-11-3-2-6-26-11/h2-8,22H,9H2,1H3,(H,23,24)/b13-8+. The van der Waals surface area contributed by atoms with E-state index in [0.717, 1.165) is 0 Å². The monoisotopic (exact) mass is 414 g/mol. The Labute approximate surface area is 168 Å². The van der Waals surface area contributed by atoms with E-state index < -0.39 is 5.97 Å². The first-order valence-electron chi connectivity index (χ1n) is 8.15. The Bertz CT molecular complexity index is 1190. The minimum absolute atomic E-state index is 0.0504. The molecule has 0 spiro atoms. The second-order valence-electron chi connectivity index (χ2n) is 5.93. The molecule has 0 saturated heterocycles. The number of carbonyl (C=O) groups is 1. The van der Waals surface area contributed by atoms with Crippen LogP contribution in [-0.4, -0.2) is 33.6 Å². The fourth-order valence-corrected chi connectivity index (χ4v) is 4.16. The van der Waals surface area contributed by atoms with Gasteiger partial charge >= 0.3 is 5.97 Å². The van der Waals surface area contributed by atoms with Crippen LogP contribution in [0.15, 0.2) is 46.0 Å². The summed E-state index contributed by atoms with van der Waals surface area (Å²) in [5.74, 6) is 0.0243. The molecule has 1 aliphatic heterocycles. The zero-order valence-corrected chi connectivity index (χ0v) is 16.2. The third-order valence-electron chi connectivity index (χ3n) is 4.25. The highest BCUT2D eigenvalue weighted by atomic mass is 32.1. The molecule has 0 aliphatic carbocycles. The fraction of sp³-hybridized carbons (Fsp3) is 0.105. The van der Waals surface area contributed by atoms with E-state index in [-0.39, 0.29) is 18.1 Å². The van der Waals surface area contributed by atoms with Crippen LogP contribution in [0, 0.1) is 3.95 Å².